The second kappa shape index (κ2) is 8.07. The zero-order chi connectivity index (χ0) is 13.7. The number of nitrogens with one attached hydrogen (secondary N) is 2. The van der Waals surface area contributed by atoms with Crippen LogP contribution in [0.5, 0.6) is 5.75 Å². The van der Waals surface area contributed by atoms with Gasteiger partial charge in [-0.3, -0.25) is 4.79 Å². The molecule has 1 aromatic carbocycles. The highest BCUT2D eigenvalue weighted by atomic mass is 35.5. The fourth-order valence-electron chi connectivity index (χ4n) is 2.22. The molecule has 0 aromatic heterocycles. The Labute approximate surface area is 124 Å². The molecule has 0 saturated carbocycles. The predicted molar refractivity (Wildman–Crippen MR) is 77.9 cm³/mol. The second-order valence-corrected chi connectivity index (χ2v) is 4.70. The normalized spacial score (nSPS) is 17.4. The molecule has 1 aromatic rings. The molecule has 2 N–H and O–H groups in total. The average Bonchev–Trinajstić information content (AvgIpc) is 2.93. The summed E-state index contributed by atoms with van der Waals surface area (Å²) in [6.45, 7) is 2.19. The first-order valence-corrected chi connectivity index (χ1v) is 6.51. The van der Waals surface area contributed by atoms with Crippen LogP contribution < -0.4 is 15.4 Å². The molecule has 1 unspecified atom stereocenters. The van der Waals surface area contributed by atoms with Gasteiger partial charge in [-0.2, -0.15) is 0 Å². The van der Waals surface area contributed by atoms with Gasteiger partial charge in [0.05, 0.1) is 13.0 Å². The second-order valence-electron chi connectivity index (χ2n) is 4.70. The third kappa shape index (κ3) is 4.35. The van der Waals surface area contributed by atoms with E-state index < -0.39 is 0 Å². The fraction of sp³-hybridized carbons (Fsp3) is 0.500. The third-order valence-electron chi connectivity index (χ3n) is 3.36. The van der Waals surface area contributed by atoms with E-state index in [4.69, 9.17) is 4.74 Å². The van der Waals surface area contributed by atoms with Gasteiger partial charge in [-0.15, -0.1) is 12.4 Å². The van der Waals surface area contributed by atoms with Gasteiger partial charge in [0.2, 0.25) is 5.91 Å². The summed E-state index contributed by atoms with van der Waals surface area (Å²) < 4.78 is 18.3. The molecule has 1 atom stereocenters. The monoisotopic (exact) mass is 302 g/mol. The van der Waals surface area contributed by atoms with E-state index in [1.54, 1.807) is 6.07 Å². The molecule has 112 valence electrons. The molecule has 0 bridgehead atoms. The summed E-state index contributed by atoms with van der Waals surface area (Å²) in [7, 11) is 1.44. The molecule has 20 heavy (non-hydrogen) atoms. The van der Waals surface area contributed by atoms with E-state index >= 15 is 0 Å². The van der Waals surface area contributed by atoms with E-state index in [1.165, 1.54) is 13.2 Å². The third-order valence-corrected chi connectivity index (χ3v) is 3.36. The average molecular weight is 303 g/mol. The first-order chi connectivity index (χ1) is 9.20. The topological polar surface area (TPSA) is 50.4 Å². The maximum absolute atomic E-state index is 13.5. The first kappa shape index (κ1) is 16.7. The van der Waals surface area contributed by atoms with Crippen molar-refractivity contribution in [1.82, 2.24) is 10.6 Å². The summed E-state index contributed by atoms with van der Waals surface area (Å²) >= 11 is 0. The van der Waals surface area contributed by atoms with Crippen LogP contribution in [0.2, 0.25) is 0 Å². The summed E-state index contributed by atoms with van der Waals surface area (Å²) in [5.74, 6) is 0.0303. The van der Waals surface area contributed by atoms with Gasteiger partial charge in [0.15, 0.2) is 11.6 Å². The number of halogens is 2. The number of methoxy groups -OCH3 is 1. The smallest absolute Gasteiger partial charge is 0.224 e. The molecule has 1 aliphatic rings. The van der Waals surface area contributed by atoms with Crippen LogP contribution in [-0.4, -0.2) is 32.7 Å². The van der Waals surface area contributed by atoms with Gasteiger partial charge >= 0.3 is 0 Å². The summed E-state index contributed by atoms with van der Waals surface area (Å²) in [5, 5.41) is 6.05. The fourth-order valence-corrected chi connectivity index (χ4v) is 2.22. The van der Waals surface area contributed by atoms with Crippen molar-refractivity contribution in [1.29, 1.82) is 0 Å². The van der Waals surface area contributed by atoms with Crippen molar-refractivity contribution >= 4 is 18.3 Å². The summed E-state index contributed by atoms with van der Waals surface area (Å²) in [6.07, 6.45) is 1.51. The van der Waals surface area contributed by atoms with E-state index in [-0.39, 0.29) is 35.8 Å². The van der Waals surface area contributed by atoms with Gasteiger partial charge < -0.3 is 15.4 Å². The van der Waals surface area contributed by atoms with E-state index in [0.29, 0.717) is 13.0 Å². The van der Waals surface area contributed by atoms with Crippen LogP contribution in [-0.2, 0) is 11.2 Å². The molecule has 0 radical (unpaired) electrons. The largest absolute Gasteiger partial charge is 0.494 e. The van der Waals surface area contributed by atoms with Gasteiger partial charge in [-0.1, -0.05) is 6.07 Å². The Balaban J connectivity index is 0.00000200. The zero-order valence-corrected chi connectivity index (χ0v) is 12.3. The van der Waals surface area contributed by atoms with Gasteiger partial charge in [0.1, 0.15) is 0 Å². The number of hydrogen-bond donors (Lipinski definition) is 2. The number of ether oxygens (including phenoxy) is 1. The van der Waals surface area contributed by atoms with Gasteiger partial charge in [0.25, 0.3) is 0 Å². The lowest BCUT2D eigenvalue weighted by Crippen LogP contribution is -2.33. The minimum atomic E-state index is -0.369. The Morgan fingerprint density at radius 1 is 1.55 bits per heavy atom. The highest BCUT2D eigenvalue weighted by molar-refractivity contribution is 5.85. The van der Waals surface area contributed by atoms with Crippen molar-refractivity contribution in [3.8, 4) is 5.75 Å². The molecule has 6 heteroatoms. The van der Waals surface area contributed by atoms with Crippen molar-refractivity contribution in [2.45, 2.75) is 12.8 Å². The number of carbonyl (C=O) groups excluding carboxylic acids is 1. The molecule has 1 aliphatic heterocycles. The lowest BCUT2D eigenvalue weighted by molar-refractivity contribution is -0.124. The highest BCUT2D eigenvalue weighted by Crippen LogP contribution is 2.17. The van der Waals surface area contributed by atoms with Crippen LogP contribution in [0.3, 0.4) is 0 Å². The lowest BCUT2D eigenvalue weighted by atomic mass is 10.1. The number of hydrogen-bond acceptors (Lipinski definition) is 3. The molecule has 1 fully saturated rings. The summed E-state index contributed by atoms with van der Waals surface area (Å²) in [5.41, 5.74) is 0.850. The van der Waals surface area contributed by atoms with Crippen molar-refractivity contribution in [3.63, 3.8) is 0 Å². The summed E-state index contributed by atoms with van der Waals surface area (Å²) in [6, 6.07) is 4.86. The van der Waals surface area contributed by atoms with E-state index in [0.717, 1.165) is 25.1 Å². The van der Waals surface area contributed by atoms with Crippen molar-refractivity contribution in [2.75, 3.05) is 26.7 Å². The van der Waals surface area contributed by atoms with Crippen molar-refractivity contribution in [3.05, 3.63) is 29.6 Å². The molecular weight excluding hydrogens is 283 g/mol. The number of benzene rings is 1. The Kier molecular flexibility index (Phi) is 6.75. The van der Waals surface area contributed by atoms with Gasteiger partial charge in [0, 0.05) is 13.1 Å². The van der Waals surface area contributed by atoms with E-state index in [2.05, 4.69) is 10.6 Å². The predicted octanol–water partition coefficient (Wildman–Crippen LogP) is 1.52. The van der Waals surface area contributed by atoms with Crippen LogP contribution >= 0.6 is 12.4 Å². The zero-order valence-electron chi connectivity index (χ0n) is 11.4. The maximum Gasteiger partial charge on any atom is 0.224 e. The molecular formula is C14H20ClFN2O2. The van der Waals surface area contributed by atoms with Crippen LogP contribution in [0.4, 0.5) is 4.39 Å². The SMILES string of the molecule is COc1ccc(CCNC(=O)C2CCNC2)cc1F.Cl. The molecule has 2 rings (SSSR count). The van der Waals surface area contributed by atoms with Crippen molar-refractivity contribution < 1.29 is 13.9 Å². The minimum absolute atomic E-state index is 0. The summed E-state index contributed by atoms with van der Waals surface area (Å²) in [4.78, 5) is 11.8. The number of amides is 1. The molecule has 1 saturated heterocycles. The van der Waals surface area contributed by atoms with E-state index in [9.17, 15) is 9.18 Å². The molecule has 0 aliphatic carbocycles. The molecule has 1 heterocycles. The number of rotatable bonds is 5. The minimum Gasteiger partial charge on any atom is -0.494 e. The Morgan fingerprint density at radius 3 is 2.95 bits per heavy atom. The van der Waals surface area contributed by atoms with Crippen LogP contribution in [0.15, 0.2) is 18.2 Å². The Hall–Kier alpha value is -1.33. The Morgan fingerprint density at radius 2 is 2.35 bits per heavy atom. The number of carbonyl (C=O) groups is 1. The molecule has 0 spiro atoms. The maximum atomic E-state index is 13.5. The van der Waals surface area contributed by atoms with Gasteiger partial charge in [-0.05, 0) is 37.1 Å². The molecule has 4 nitrogen and oxygen atoms in total. The quantitative estimate of drug-likeness (QED) is 0.867. The van der Waals surface area contributed by atoms with E-state index in [1.807, 2.05) is 6.07 Å². The first-order valence-electron chi connectivity index (χ1n) is 6.51. The molecule has 1 amide bonds. The standard InChI is InChI=1S/C14H19FN2O2.ClH/c1-19-13-3-2-10(8-12(13)15)4-7-17-14(18)11-5-6-16-9-11;/h2-3,8,11,16H,4-7,9H2,1H3,(H,17,18);1H. The van der Waals surface area contributed by atoms with Crippen LogP contribution in [0, 0.1) is 11.7 Å². The van der Waals surface area contributed by atoms with Crippen molar-refractivity contribution in [2.24, 2.45) is 5.92 Å². The van der Waals surface area contributed by atoms with Gasteiger partial charge in [-0.25, -0.2) is 4.39 Å². The Bertz CT molecular complexity index is 451. The highest BCUT2D eigenvalue weighted by Gasteiger charge is 2.21. The van der Waals surface area contributed by atoms with Crippen LogP contribution in [0.25, 0.3) is 0 Å². The lowest BCUT2D eigenvalue weighted by Gasteiger charge is -2.10. The van der Waals surface area contributed by atoms with Crippen LogP contribution in [0.1, 0.15) is 12.0 Å².